The maximum absolute atomic E-state index is 5.34. The van der Waals surface area contributed by atoms with Crippen LogP contribution in [0.15, 0.2) is 22.8 Å². The van der Waals surface area contributed by atoms with E-state index < -0.39 is 0 Å². The molecule has 14 heavy (non-hydrogen) atoms. The van der Waals surface area contributed by atoms with Gasteiger partial charge in [-0.2, -0.15) is 0 Å². The molecule has 0 saturated carbocycles. The summed E-state index contributed by atoms with van der Waals surface area (Å²) in [5.41, 5.74) is 0. The predicted molar refractivity (Wildman–Crippen MR) is 59.2 cm³/mol. The fraction of sp³-hybridized carbons (Fsp3) is 0.667. The maximum Gasteiger partial charge on any atom is 0.120 e. The summed E-state index contributed by atoms with van der Waals surface area (Å²) in [5.74, 6) is 1.75. The summed E-state index contributed by atoms with van der Waals surface area (Å²) < 4.78 is 5.34. The Morgan fingerprint density at radius 3 is 2.50 bits per heavy atom. The number of hydrogen-bond acceptors (Lipinski definition) is 2. The van der Waals surface area contributed by atoms with E-state index in [1.165, 1.54) is 6.42 Å². The van der Waals surface area contributed by atoms with Crippen LogP contribution in [-0.4, -0.2) is 6.04 Å². The molecule has 1 unspecified atom stereocenters. The zero-order chi connectivity index (χ0) is 10.6. The van der Waals surface area contributed by atoms with Gasteiger partial charge in [-0.1, -0.05) is 13.8 Å². The molecule has 80 valence electrons. The average Bonchev–Trinajstić information content (AvgIpc) is 2.53. The van der Waals surface area contributed by atoms with E-state index in [0.29, 0.717) is 12.1 Å². The summed E-state index contributed by atoms with van der Waals surface area (Å²) >= 11 is 0. The van der Waals surface area contributed by atoms with Crippen LogP contribution in [0.25, 0.3) is 0 Å². The molecule has 0 spiro atoms. The fourth-order valence-corrected chi connectivity index (χ4v) is 1.82. The molecule has 1 N–H and O–H groups in total. The Labute approximate surface area is 86.7 Å². The highest BCUT2D eigenvalue weighted by molar-refractivity contribution is 5.03. The van der Waals surface area contributed by atoms with Crippen molar-refractivity contribution < 1.29 is 4.42 Å². The van der Waals surface area contributed by atoms with Crippen molar-refractivity contribution in [3.05, 3.63) is 24.2 Å². The van der Waals surface area contributed by atoms with E-state index in [1.807, 2.05) is 12.1 Å². The van der Waals surface area contributed by atoms with Crippen molar-refractivity contribution in [3.8, 4) is 0 Å². The molecular weight excluding hydrogens is 174 g/mol. The zero-order valence-electron chi connectivity index (χ0n) is 9.58. The summed E-state index contributed by atoms with van der Waals surface area (Å²) in [6.45, 7) is 8.85. The molecule has 2 heteroatoms. The molecule has 2 atom stereocenters. The molecule has 0 aliphatic carbocycles. The second-order valence-corrected chi connectivity index (χ2v) is 4.43. The van der Waals surface area contributed by atoms with Gasteiger partial charge in [0.05, 0.1) is 12.3 Å². The van der Waals surface area contributed by atoms with Crippen molar-refractivity contribution in [2.75, 3.05) is 0 Å². The predicted octanol–water partition coefficient (Wildman–Crippen LogP) is 3.36. The van der Waals surface area contributed by atoms with Crippen LogP contribution < -0.4 is 5.32 Å². The van der Waals surface area contributed by atoms with E-state index in [1.54, 1.807) is 6.26 Å². The summed E-state index contributed by atoms with van der Waals surface area (Å²) in [6.07, 6.45) is 2.92. The molecule has 2 nitrogen and oxygen atoms in total. The third kappa shape index (κ3) is 3.54. The lowest BCUT2D eigenvalue weighted by molar-refractivity contribution is 0.365. The molecule has 1 heterocycles. The molecule has 1 aromatic rings. The fourth-order valence-electron chi connectivity index (χ4n) is 1.82. The Kier molecular flexibility index (Phi) is 4.21. The van der Waals surface area contributed by atoms with Gasteiger partial charge in [0.25, 0.3) is 0 Å². The molecule has 0 aliphatic heterocycles. The number of rotatable bonds is 5. The van der Waals surface area contributed by atoms with E-state index in [9.17, 15) is 0 Å². The first-order valence-electron chi connectivity index (χ1n) is 5.39. The zero-order valence-corrected chi connectivity index (χ0v) is 9.58. The second-order valence-electron chi connectivity index (χ2n) is 4.43. The standard InChI is InChI=1S/C12H21NO/c1-9(2)8-10(3)13-11(4)12-6-5-7-14-12/h5-7,9-11,13H,8H2,1-4H3/t10?,11-/m1/s1. The highest BCUT2D eigenvalue weighted by Gasteiger charge is 2.12. The monoisotopic (exact) mass is 195 g/mol. The molecule has 0 saturated heterocycles. The van der Waals surface area contributed by atoms with E-state index in [2.05, 4.69) is 33.0 Å². The van der Waals surface area contributed by atoms with E-state index in [0.717, 1.165) is 11.7 Å². The minimum Gasteiger partial charge on any atom is -0.468 e. The average molecular weight is 195 g/mol. The lowest BCUT2D eigenvalue weighted by atomic mass is 10.0. The summed E-state index contributed by atoms with van der Waals surface area (Å²) in [7, 11) is 0. The Morgan fingerprint density at radius 2 is 2.00 bits per heavy atom. The molecule has 1 aromatic heterocycles. The minimum absolute atomic E-state index is 0.304. The van der Waals surface area contributed by atoms with Crippen molar-refractivity contribution in [2.24, 2.45) is 5.92 Å². The van der Waals surface area contributed by atoms with Crippen molar-refractivity contribution in [3.63, 3.8) is 0 Å². The normalized spacial score (nSPS) is 15.8. The van der Waals surface area contributed by atoms with Crippen LogP contribution in [0.3, 0.4) is 0 Å². The van der Waals surface area contributed by atoms with Crippen LogP contribution in [-0.2, 0) is 0 Å². The molecule has 0 amide bonds. The number of nitrogens with one attached hydrogen (secondary N) is 1. The number of furan rings is 1. The van der Waals surface area contributed by atoms with Crippen LogP contribution in [0.1, 0.15) is 45.9 Å². The van der Waals surface area contributed by atoms with Gasteiger partial charge in [0.15, 0.2) is 0 Å². The third-order valence-electron chi connectivity index (χ3n) is 2.33. The van der Waals surface area contributed by atoms with Crippen LogP contribution in [0.2, 0.25) is 0 Å². The first-order chi connectivity index (χ1) is 6.59. The lowest BCUT2D eigenvalue weighted by Crippen LogP contribution is -2.29. The van der Waals surface area contributed by atoms with Gasteiger partial charge in [0.1, 0.15) is 5.76 Å². The van der Waals surface area contributed by atoms with Crippen molar-refractivity contribution in [2.45, 2.75) is 46.2 Å². The lowest BCUT2D eigenvalue weighted by Gasteiger charge is -2.19. The van der Waals surface area contributed by atoms with Crippen molar-refractivity contribution >= 4 is 0 Å². The topological polar surface area (TPSA) is 25.2 Å². The molecule has 0 bridgehead atoms. The van der Waals surface area contributed by atoms with Crippen LogP contribution in [0, 0.1) is 5.92 Å². The van der Waals surface area contributed by atoms with Gasteiger partial charge in [0.2, 0.25) is 0 Å². The summed E-state index contributed by atoms with van der Waals surface area (Å²) in [5, 5.41) is 3.52. The van der Waals surface area contributed by atoms with Gasteiger partial charge in [-0.3, -0.25) is 0 Å². The third-order valence-corrected chi connectivity index (χ3v) is 2.33. The smallest absolute Gasteiger partial charge is 0.120 e. The van der Waals surface area contributed by atoms with Gasteiger partial charge < -0.3 is 9.73 Å². The summed E-state index contributed by atoms with van der Waals surface area (Å²) in [4.78, 5) is 0. The van der Waals surface area contributed by atoms with Gasteiger partial charge in [0, 0.05) is 6.04 Å². The SMILES string of the molecule is CC(C)CC(C)N[C@H](C)c1ccco1. The maximum atomic E-state index is 5.34. The molecule has 0 radical (unpaired) electrons. The molecule has 0 aromatic carbocycles. The molecule has 0 aliphatic rings. The van der Waals surface area contributed by atoms with Gasteiger partial charge >= 0.3 is 0 Å². The van der Waals surface area contributed by atoms with Crippen LogP contribution in [0.5, 0.6) is 0 Å². The highest BCUT2D eigenvalue weighted by atomic mass is 16.3. The van der Waals surface area contributed by atoms with Gasteiger partial charge in [-0.25, -0.2) is 0 Å². The largest absolute Gasteiger partial charge is 0.468 e. The Bertz CT molecular complexity index is 241. The quantitative estimate of drug-likeness (QED) is 0.779. The Balaban J connectivity index is 2.37. The molecular formula is C12H21NO. The molecule has 0 fully saturated rings. The summed E-state index contributed by atoms with van der Waals surface area (Å²) in [6, 6.07) is 4.79. The molecule has 1 rings (SSSR count). The van der Waals surface area contributed by atoms with E-state index >= 15 is 0 Å². The van der Waals surface area contributed by atoms with Crippen LogP contribution in [0.4, 0.5) is 0 Å². The van der Waals surface area contributed by atoms with E-state index in [4.69, 9.17) is 4.42 Å². The Morgan fingerprint density at radius 1 is 1.29 bits per heavy atom. The van der Waals surface area contributed by atoms with Gasteiger partial charge in [-0.05, 0) is 38.3 Å². The second kappa shape index (κ2) is 5.20. The van der Waals surface area contributed by atoms with Crippen molar-refractivity contribution in [1.82, 2.24) is 5.32 Å². The highest BCUT2D eigenvalue weighted by Crippen LogP contribution is 2.14. The van der Waals surface area contributed by atoms with E-state index in [-0.39, 0.29) is 0 Å². The first kappa shape index (κ1) is 11.3. The first-order valence-corrected chi connectivity index (χ1v) is 5.39. The van der Waals surface area contributed by atoms with Gasteiger partial charge in [-0.15, -0.1) is 0 Å². The Hall–Kier alpha value is -0.760. The van der Waals surface area contributed by atoms with Crippen LogP contribution >= 0.6 is 0 Å². The number of hydrogen-bond donors (Lipinski definition) is 1. The van der Waals surface area contributed by atoms with Crippen molar-refractivity contribution in [1.29, 1.82) is 0 Å². The minimum atomic E-state index is 0.304.